The number of rotatable bonds is 8. The number of halogens is 1. The number of hydrogen-bond acceptors (Lipinski definition) is 7. The van der Waals surface area contributed by atoms with Gasteiger partial charge in [-0.2, -0.15) is 8.42 Å². The van der Waals surface area contributed by atoms with E-state index in [1.165, 1.54) is 12.3 Å². The van der Waals surface area contributed by atoms with E-state index < -0.39 is 22.2 Å². The summed E-state index contributed by atoms with van der Waals surface area (Å²) in [5.41, 5.74) is 0.358. The van der Waals surface area contributed by atoms with E-state index in [9.17, 15) is 13.2 Å². The molecule has 1 N–H and O–H groups in total. The van der Waals surface area contributed by atoms with E-state index >= 15 is 0 Å². The lowest BCUT2D eigenvalue weighted by molar-refractivity contribution is 0.0378. The highest BCUT2D eigenvalue weighted by atomic mass is 35.5. The summed E-state index contributed by atoms with van der Waals surface area (Å²) in [6.07, 6.45) is 0.573. The fourth-order valence-electron chi connectivity index (χ4n) is 2.24. The Morgan fingerprint density at radius 3 is 2.48 bits per heavy atom. The van der Waals surface area contributed by atoms with Gasteiger partial charge < -0.3 is 14.5 Å². The first-order valence-corrected chi connectivity index (χ1v) is 10.1. The summed E-state index contributed by atoms with van der Waals surface area (Å²) in [6, 6.07) is 6.01. The van der Waals surface area contributed by atoms with Crippen molar-refractivity contribution in [2.24, 2.45) is 0 Å². The third kappa shape index (κ3) is 5.72. The van der Waals surface area contributed by atoms with Crippen LogP contribution in [0.5, 0.6) is 0 Å². The molecule has 0 unspecified atom stereocenters. The van der Waals surface area contributed by atoms with Crippen LogP contribution in [0.25, 0.3) is 0 Å². The summed E-state index contributed by atoms with van der Waals surface area (Å²) in [5.74, 6) is -0.0428. The minimum Gasteiger partial charge on any atom is -0.467 e. The van der Waals surface area contributed by atoms with Crippen LogP contribution in [0, 0.1) is 0 Å². The maximum Gasteiger partial charge on any atom is 0.340 e. The molecule has 0 saturated heterocycles. The van der Waals surface area contributed by atoms with Gasteiger partial charge in [0, 0.05) is 0 Å². The van der Waals surface area contributed by atoms with Crippen molar-refractivity contribution in [2.45, 2.75) is 51.3 Å². The number of nitrogens with one attached hydrogen (secondary N) is 1. The minimum atomic E-state index is -4.14. The van der Waals surface area contributed by atoms with E-state index in [0.29, 0.717) is 11.4 Å². The molecule has 1 aromatic carbocycles. The first-order valence-electron chi connectivity index (χ1n) is 8.34. The Bertz CT molecular complexity index is 891. The second kappa shape index (κ2) is 8.77. The maximum absolute atomic E-state index is 12.5. The highest BCUT2D eigenvalue weighted by Crippen LogP contribution is 2.31. The molecular weight excluding hydrogens is 394 g/mol. The van der Waals surface area contributed by atoms with E-state index in [1.807, 2.05) is 0 Å². The molecule has 0 aliphatic heterocycles. The van der Waals surface area contributed by atoms with E-state index in [1.54, 1.807) is 39.8 Å². The van der Waals surface area contributed by atoms with Crippen LogP contribution in [-0.2, 0) is 25.6 Å². The van der Waals surface area contributed by atoms with Crippen molar-refractivity contribution in [2.75, 3.05) is 5.32 Å². The van der Waals surface area contributed by atoms with Crippen molar-refractivity contribution in [1.29, 1.82) is 0 Å². The van der Waals surface area contributed by atoms with E-state index in [0.717, 1.165) is 6.07 Å². The van der Waals surface area contributed by atoms with Gasteiger partial charge in [0.15, 0.2) is 0 Å². The maximum atomic E-state index is 12.5. The third-order valence-corrected chi connectivity index (χ3v) is 5.20. The molecule has 0 spiro atoms. The summed E-state index contributed by atoms with van der Waals surface area (Å²) in [5, 5.41) is 2.94. The fraction of sp³-hybridized carbons (Fsp3) is 0.389. The molecule has 0 aliphatic rings. The number of esters is 1. The first-order chi connectivity index (χ1) is 12.6. The Hall–Kier alpha value is -2.03. The van der Waals surface area contributed by atoms with Crippen molar-refractivity contribution < 1.29 is 26.5 Å². The van der Waals surface area contributed by atoms with Crippen LogP contribution < -0.4 is 5.32 Å². The molecule has 27 heavy (non-hydrogen) atoms. The van der Waals surface area contributed by atoms with Gasteiger partial charge in [-0.1, -0.05) is 11.6 Å². The molecule has 0 saturated carbocycles. The predicted molar refractivity (Wildman–Crippen MR) is 101 cm³/mol. The number of hydrogen-bond donors (Lipinski definition) is 1. The SMILES string of the molecule is CC(C)OC(=O)c1cc(S(=O)(=O)OC(C)C)c(Cl)cc1NCc1ccco1. The average molecular weight is 416 g/mol. The standard InChI is InChI=1S/C18H22ClNO6S/c1-11(2)25-18(21)14-8-17(27(22,23)26-12(3)4)15(19)9-16(14)20-10-13-6-5-7-24-13/h5-9,11-12,20H,10H2,1-4H3. The molecule has 2 aromatic rings. The molecule has 0 amide bonds. The summed E-state index contributed by atoms with van der Waals surface area (Å²) >= 11 is 6.17. The molecule has 0 radical (unpaired) electrons. The van der Waals surface area contributed by atoms with Crippen LogP contribution in [0.15, 0.2) is 39.8 Å². The topological polar surface area (TPSA) is 94.8 Å². The second-order valence-corrected chi connectivity index (χ2v) is 8.26. The summed E-state index contributed by atoms with van der Waals surface area (Å²) < 4.78 is 40.3. The Morgan fingerprint density at radius 1 is 1.22 bits per heavy atom. The van der Waals surface area contributed by atoms with E-state index in [4.69, 9.17) is 24.9 Å². The number of anilines is 1. The third-order valence-electron chi connectivity index (χ3n) is 3.26. The van der Waals surface area contributed by atoms with Gasteiger partial charge in [0.25, 0.3) is 10.1 Å². The zero-order chi connectivity index (χ0) is 20.2. The molecule has 1 heterocycles. The average Bonchev–Trinajstić information content (AvgIpc) is 3.03. The van der Waals surface area contributed by atoms with Gasteiger partial charge in [0.1, 0.15) is 10.7 Å². The number of ether oxygens (including phenoxy) is 1. The van der Waals surface area contributed by atoms with Crippen molar-refractivity contribution in [3.63, 3.8) is 0 Å². The van der Waals surface area contributed by atoms with Crippen molar-refractivity contribution in [3.05, 3.63) is 46.9 Å². The van der Waals surface area contributed by atoms with Crippen molar-refractivity contribution in [3.8, 4) is 0 Å². The fourth-order valence-corrected chi connectivity index (χ4v) is 3.86. The summed E-state index contributed by atoms with van der Waals surface area (Å²) in [4.78, 5) is 12.2. The van der Waals surface area contributed by atoms with Gasteiger partial charge in [-0.25, -0.2) is 4.79 Å². The molecule has 0 fully saturated rings. The van der Waals surface area contributed by atoms with Crippen molar-refractivity contribution >= 4 is 33.4 Å². The highest BCUT2D eigenvalue weighted by molar-refractivity contribution is 7.87. The summed E-state index contributed by atoms with van der Waals surface area (Å²) in [6.45, 7) is 6.84. The van der Waals surface area contributed by atoms with Crippen LogP contribution in [0.1, 0.15) is 43.8 Å². The summed E-state index contributed by atoms with van der Waals surface area (Å²) in [7, 11) is -4.14. The zero-order valence-electron chi connectivity index (χ0n) is 15.5. The van der Waals surface area contributed by atoms with Crippen LogP contribution >= 0.6 is 11.6 Å². The van der Waals surface area contributed by atoms with Gasteiger partial charge >= 0.3 is 5.97 Å². The molecule has 2 rings (SSSR count). The number of furan rings is 1. The quantitative estimate of drug-likeness (QED) is 0.509. The number of benzene rings is 1. The Labute approximate surface area is 163 Å². The molecule has 9 heteroatoms. The normalized spacial score (nSPS) is 11.8. The van der Waals surface area contributed by atoms with E-state index in [-0.39, 0.29) is 28.1 Å². The monoisotopic (exact) mass is 415 g/mol. The Balaban J connectivity index is 2.45. The van der Waals surface area contributed by atoms with Gasteiger partial charge in [-0.05, 0) is 52.0 Å². The number of carbonyl (C=O) groups is 1. The van der Waals surface area contributed by atoms with Crippen LogP contribution in [0.3, 0.4) is 0 Å². The lowest BCUT2D eigenvalue weighted by Crippen LogP contribution is -2.17. The van der Waals surface area contributed by atoms with Gasteiger partial charge in [0.2, 0.25) is 0 Å². The molecule has 148 valence electrons. The minimum absolute atomic E-state index is 0.0330. The van der Waals surface area contributed by atoms with Crippen LogP contribution in [-0.4, -0.2) is 26.6 Å². The predicted octanol–water partition coefficient (Wildman–Crippen LogP) is 4.22. The highest BCUT2D eigenvalue weighted by Gasteiger charge is 2.26. The van der Waals surface area contributed by atoms with Gasteiger partial charge in [0.05, 0.1) is 41.3 Å². The van der Waals surface area contributed by atoms with E-state index in [2.05, 4.69) is 5.32 Å². The smallest absolute Gasteiger partial charge is 0.340 e. The second-order valence-electron chi connectivity index (χ2n) is 6.31. The molecule has 7 nitrogen and oxygen atoms in total. The van der Waals surface area contributed by atoms with Gasteiger partial charge in [-0.15, -0.1) is 0 Å². The molecular formula is C18H22ClNO6S. The Morgan fingerprint density at radius 2 is 1.93 bits per heavy atom. The van der Waals surface area contributed by atoms with Crippen LogP contribution in [0.4, 0.5) is 5.69 Å². The molecule has 0 atom stereocenters. The zero-order valence-corrected chi connectivity index (χ0v) is 17.1. The molecule has 0 aliphatic carbocycles. The van der Waals surface area contributed by atoms with Gasteiger partial charge in [-0.3, -0.25) is 4.18 Å². The Kier molecular flexibility index (Phi) is 6.91. The first kappa shape index (κ1) is 21.3. The van der Waals surface area contributed by atoms with Crippen molar-refractivity contribution in [1.82, 2.24) is 0 Å². The molecule has 0 bridgehead atoms. The lowest BCUT2D eigenvalue weighted by Gasteiger charge is -2.16. The molecule has 1 aromatic heterocycles. The number of carbonyl (C=O) groups excluding carboxylic acids is 1. The largest absolute Gasteiger partial charge is 0.467 e. The lowest BCUT2D eigenvalue weighted by atomic mass is 10.1. The van der Waals surface area contributed by atoms with Crippen LogP contribution in [0.2, 0.25) is 5.02 Å².